The number of nitrogens with one attached hydrogen (secondary N) is 1. The standard InChI is InChI=1S/C12H17NO2.ClH/c1-4-14-12(13)10-7-5-6-8-11(10)15-9(2)3;/h5-9,13H,4H2,1-3H3;1H. The number of para-hydroxylation sites is 1. The maximum Gasteiger partial charge on any atom is 0.217 e. The monoisotopic (exact) mass is 243 g/mol. The normalized spacial score (nSPS) is 9.50. The zero-order valence-electron chi connectivity index (χ0n) is 9.82. The second-order valence-electron chi connectivity index (χ2n) is 3.42. The number of benzene rings is 1. The van der Waals surface area contributed by atoms with Crippen LogP contribution in [0.25, 0.3) is 0 Å². The van der Waals surface area contributed by atoms with Crippen molar-refractivity contribution < 1.29 is 9.47 Å². The van der Waals surface area contributed by atoms with Gasteiger partial charge < -0.3 is 9.47 Å². The molecule has 0 unspecified atom stereocenters. The SMILES string of the molecule is CCOC(=N)c1ccccc1OC(C)C.Cl. The lowest BCUT2D eigenvalue weighted by atomic mass is 10.2. The first-order valence-corrected chi connectivity index (χ1v) is 5.12. The van der Waals surface area contributed by atoms with Crippen LogP contribution in [0.15, 0.2) is 24.3 Å². The van der Waals surface area contributed by atoms with Gasteiger partial charge in [0.1, 0.15) is 5.75 Å². The van der Waals surface area contributed by atoms with E-state index in [1.807, 2.05) is 45.0 Å². The Balaban J connectivity index is 0.00000225. The maximum atomic E-state index is 7.71. The molecule has 0 saturated heterocycles. The van der Waals surface area contributed by atoms with Crippen molar-refractivity contribution in [1.82, 2.24) is 0 Å². The summed E-state index contributed by atoms with van der Waals surface area (Å²) in [7, 11) is 0. The molecule has 0 aliphatic rings. The fourth-order valence-corrected chi connectivity index (χ4v) is 1.23. The van der Waals surface area contributed by atoms with Crippen LogP contribution in [0.1, 0.15) is 26.3 Å². The lowest BCUT2D eigenvalue weighted by Crippen LogP contribution is -2.11. The Hall–Kier alpha value is -1.22. The molecule has 0 saturated carbocycles. The van der Waals surface area contributed by atoms with Crippen LogP contribution in [0.3, 0.4) is 0 Å². The highest BCUT2D eigenvalue weighted by Crippen LogP contribution is 2.20. The first-order chi connectivity index (χ1) is 7.15. The van der Waals surface area contributed by atoms with Gasteiger partial charge in [-0.3, -0.25) is 5.41 Å². The molecular weight excluding hydrogens is 226 g/mol. The highest BCUT2D eigenvalue weighted by molar-refractivity contribution is 5.94. The summed E-state index contributed by atoms with van der Waals surface area (Å²) in [4.78, 5) is 0. The van der Waals surface area contributed by atoms with Crippen molar-refractivity contribution in [1.29, 1.82) is 5.41 Å². The average Bonchev–Trinajstić information content (AvgIpc) is 2.18. The van der Waals surface area contributed by atoms with E-state index in [0.717, 1.165) is 0 Å². The number of hydrogen-bond acceptors (Lipinski definition) is 3. The van der Waals surface area contributed by atoms with E-state index in [1.165, 1.54) is 0 Å². The molecule has 0 aromatic heterocycles. The third kappa shape index (κ3) is 4.11. The molecule has 0 aliphatic carbocycles. The molecule has 0 radical (unpaired) electrons. The van der Waals surface area contributed by atoms with Crippen LogP contribution in [-0.4, -0.2) is 18.6 Å². The van der Waals surface area contributed by atoms with Gasteiger partial charge in [-0.25, -0.2) is 0 Å². The molecule has 90 valence electrons. The zero-order valence-corrected chi connectivity index (χ0v) is 10.6. The minimum atomic E-state index is 0. The van der Waals surface area contributed by atoms with Crippen molar-refractivity contribution in [2.24, 2.45) is 0 Å². The summed E-state index contributed by atoms with van der Waals surface area (Å²) in [5.74, 6) is 0.861. The second-order valence-corrected chi connectivity index (χ2v) is 3.42. The van der Waals surface area contributed by atoms with E-state index in [2.05, 4.69) is 0 Å². The molecule has 0 amide bonds. The lowest BCUT2D eigenvalue weighted by Gasteiger charge is -2.14. The predicted octanol–water partition coefficient (Wildman–Crippen LogP) is 3.26. The van der Waals surface area contributed by atoms with Crippen molar-refractivity contribution in [2.45, 2.75) is 26.9 Å². The van der Waals surface area contributed by atoms with Crippen molar-refractivity contribution >= 4 is 18.3 Å². The third-order valence-corrected chi connectivity index (χ3v) is 1.78. The molecule has 16 heavy (non-hydrogen) atoms. The van der Waals surface area contributed by atoms with E-state index in [9.17, 15) is 0 Å². The Kier molecular flexibility index (Phi) is 6.58. The van der Waals surface area contributed by atoms with Gasteiger partial charge in [-0.1, -0.05) is 12.1 Å². The summed E-state index contributed by atoms with van der Waals surface area (Å²) in [6.07, 6.45) is 0.0978. The molecule has 0 heterocycles. The Morgan fingerprint density at radius 3 is 2.50 bits per heavy atom. The molecular formula is C12H18ClNO2. The van der Waals surface area contributed by atoms with Crippen molar-refractivity contribution in [2.75, 3.05) is 6.61 Å². The topological polar surface area (TPSA) is 42.3 Å². The Morgan fingerprint density at radius 1 is 1.31 bits per heavy atom. The molecule has 1 aromatic carbocycles. The van der Waals surface area contributed by atoms with Gasteiger partial charge in [0.05, 0.1) is 18.3 Å². The van der Waals surface area contributed by atoms with Crippen molar-refractivity contribution in [3.05, 3.63) is 29.8 Å². The largest absolute Gasteiger partial charge is 0.490 e. The highest BCUT2D eigenvalue weighted by atomic mass is 35.5. The van der Waals surface area contributed by atoms with E-state index < -0.39 is 0 Å². The summed E-state index contributed by atoms with van der Waals surface area (Å²) in [5, 5.41) is 7.71. The van der Waals surface area contributed by atoms with Crippen LogP contribution in [0.2, 0.25) is 0 Å². The Morgan fingerprint density at radius 2 is 1.94 bits per heavy atom. The molecule has 0 aliphatic heterocycles. The Bertz CT molecular complexity index is 340. The lowest BCUT2D eigenvalue weighted by molar-refractivity contribution is 0.240. The van der Waals surface area contributed by atoms with E-state index in [-0.39, 0.29) is 24.4 Å². The summed E-state index contributed by atoms with van der Waals surface area (Å²) in [6, 6.07) is 7.44. The molecule has 4 heteroatoms. The van der Waals surface area contributed by atoms with Gasteiger partial charge in [-0.15, -0.1) is 12.4 Å². The molecule has 1 aromatic rings. The first-order valence-electron chi connectivity index (χ1n) is 5.12. The zero-order chi connectivity index (χ0) is 11.3. The molecule has 0 bridgehead atoms. The van der Waals surface area contributed by atoms with Gasteiger partial charge in [-0.2, -0.15) is 0 Å². The number of hydrogen-bond donors (Lipinski definition) is 1. The van der Waals surface area contributed by atoms with E-state index in [4.69, 9.17) is 14.9 Å². The van der Waals surface area contributed by atoms with Gasteiger partial charge in [-0.05, 0) is 32.9 Å². The average molecular weight is 244 g/mol. The molecule has 0 spiro atoms. The summed E-state index contributed by atoms with van der Waals surface area (Å²) >= 11 is 0. The highest BCUT2D eigenvalue weighted by Gasteiger charge is 2.10. The van der Waals surface area contributed by atoms with Crippen LogP contribution in [0.5, 0.6) is 5.75 Å². The maximum absolute atomic E-state index is 7.71. The second kappa shape index (κ2) is 7.12. The summed E-state index contributed by atoms with van der Waals surface area (Å²) in [5.41, 5.74) is 0.702. The summed E-state index contributed by atoms with van der Waals surface area (Å²) < 4.78 is 10.7. The van der Waals surface area contributed by atoms with Crippen LogP contribution >= 0.6 is 12.4 Å². The molecule has 3 nitrogen and oxygen atoms in total. The molecule has 1 N–H and O–H groups in total. The van der Waals surface area contributed by atoms with Crippen molar-refractivity contribution in [3.8, 4) is 5.75 Å². The third-order valence-electron chi connectivity index (χ3n) is 1.78. The number of rotatable bonds is 4. The van der Waals surface area contributed by atoms with Gasteiger partial charge in [0.2, 0.25) is 5.90 Å². The fraction of sp³-hybridized carbons (Fsp3) is 0.417. The minimum absolute atomic E-state index is 0. The van der Waals surface area contributed by atoms with E-state index >= 15 is 0 Å². The Labute approximate surface area is 103 Å². The number of halogens is 1. The van der Waals surface area contributed by atoms with Crippen LogP contribution in [0.4, 0.5) is 0 Å². The molecule has 1 rings (SSSR count). The quantitative estimate of drug-likeness (QED) is 0.652. The van der Waals surface area contributed by atoms with Gasteiger partial charge >= 0.3 is 0 Å². The van der Waals surface area contributed by atoms with Crippen molar-refractivity contribution in [3.63, 3.8) is 0 Å². The van der Waals surface area contributed by atoms with E-state index in [0.29, 0.717) is 17.9 Å². The summed E-state index contributed by atoms with van der Waals surface area (Å²) in [6.45, 7) is 6.28. The van der Waals surface area contributed by atoms with E-state index in [1.54, 1.807) is 0 Å². The number of ether oxygens (including phenoxy) is 2. The minimum Gasteiger partial charge on any atom is -0.490 e. The van der Waals surface area contributed by atoms with Gasteiger partial charge in [0, 0.05) is 0 Å². The molecule has 0 atom stereocenters. The van der Waals surface area contributed by atoms with Crippen LogP contribution in [0, 0.1) is 5.41 Å². The fourth-order valence-electron chi connectivity index (χ4n) is 1.23. The first kappa shape index (κ1) is 14.8. The molecule has 0 fully saturated rings. The van der Waals surface area contributed by atoms with Crippen LogP contribution in [-0.2, 0) is 4.74 Å². The van der Waals surface area contributed by atoms with Gasteiger partial charge in [0.15, 0.2) is 0 Å². The smallest absolute Gasteiger partial charge is 0.217 e. The van der Waals surface area contributed by atoms with Gasteiger partial charge in [0.25, 0.3) is 0 Å². The van der Waals surface area contributed by atoms with Crippen LogP contribution < -0.4 is 4.74 Å². The predicted molar refractivity (Wildman–Crippen MR) is 67.9 cm³/mol.